The standard InChI is InChI=1S/C22H21F4N3O3/c1-3-10-31-18-7-6-15(22(24,25)26)12-17(18)27-19(30)8-9-20-28-21(29-32-20)14-5-4-13(2)16(23)11-14/h4-7,11-12H,3,8-10H2,1-2H3,(H,27,30). The first-order valence-electron chi connectivity index (χ1n) is 9.90. The number of anilines is 1. The molecular formula is C22H21F4N3O3. The number of amides is 1. The quantitative estimate of drug-likeness (QED) is 0.454. The molecule has 1 amide bonds. The van der Waals surface area contributed by atoms with Crippen LogP contribution in [-0.4, -0.2) is 22.7 Å². The maximum Gasteiger partial charge on any atom is 0.416 e. The van der Waals surface area contributed by atoms with Gasteiger partial charge in [0.2, 0.25) is 17.6 Å². The van der Waals surface area contributed by atoms with Crippen molar-refractivity contribution < 1.29 is 31.6 Å². The van der Waals surface area contributed by atoms with Crippen molar-refractivity contribution in [3.05, 3.63) is 59.2 Å². The zero-order valence-electron chi connectivity index (χ0n) is 17.4. The first kappa shape index (κ1) is 23.2. The third-order valence-electron chi connectivity index (χ3n) is 4.51. The number of hydrogen-bond acceptors (Lipinski definition) is 5. The highest BCUT2D eigenvalue weighted by Gasteiger charge is 2.31. The fraction of sp³-hybridized carbons (Fsp3) is 0.318. The summed E-state index contributed by atoms with van der Waals surface area (Å²) in [6.07, 6.45) is -3.97. The number of alkyl halides is 3. The van der Waals surface area contributed by atoms with Crippen LogP contribution in [-0.2, 0) is 17.4 Å². The summed E-state index contributed by atoms with van der Waals surface area (Å²) in [6, 6.07) is 7.42. The lowest BCUT2D eigenvalue weighted by Gasteiger charge is -2.15. The van der Waals surface area contributed by atoms with E-state index in [4.69, 9.17) is 9.26 Å². The topological polar surface area (TPSA) is 77.2 Å². The number of halogens is 4. The van der Waals surface area contributed by atoms with E-state index in [0.717, 1.165) is 12.1 Å². The van der Waals surface area contributed by atoms with E-state index in [-0.39, 0.29) is 36.0 Å². The van der Waals surface area contributed by atoms with Gasteiger partial charge in [-0.25, -0.2) is 4.39 Å². The van der Waals surface area contributed by atoms with Crippen molar-refractivity contribution in [2.45, 2.75) is 39.3 Å². The van der Waals surface area contributed by atoms with Crippen LogP contribution in [0.2, 0.25) is 0 Å². The van der Waals surface area contributed by atoms with Gasteiger partial charge in [-0.15, -0.1) is 0 Å². The van der Waals surface area contributed by atoms with E-state index in [0.29, 0.717) is 24.2 Å². The minimum Gasteiger partial charge on any atom is -0.491 e. The van der Waals surface area contributed by atoms with E-state index in [2.05, 4.69) is 15.5 Å². The van der Waals surface area contributed by atoms with Crippen molar-refractivity contribution in [3.8, 4) is 17.1 Å². The molecule has 0 fully saturated rings. The van der Waals surface area contributed by atoms with Gasteiger partial charge in [0.15, 0.2) is 0 Å². The highest BCUT2D eigenvalue weighted by molar-refractivity contribution is 5.92. The van der Waals surface area contributed by atoms with Crippen LogP contribution >= 0.6 is 0 Å². The molecule has 0 aliphatic carbocycles. The Bertz CT molecular complexity index is 1100. The summed E-state index contributed by atoms with van der Waals surface area (Å²) < 4.78 is 63.4. The average Bonchev–Trinajstić information content (AvgIpc) is 3.21. The highest BCUT2D eigenvalue weighted by Crippen LogP contribution is 2.35. The lowest BCUT2D eigenvalue weighted by atomic mass is 10.1. The Morgan fingerprint density at radius 1 is 1.19 bits per heavy atom. The number of carbonyl (C=O) groups is 1. The third kappa shape index (κ3) is 5.83. The molecule has 0 saturated heterocycles. The number of aryl methyl sites for hydroxylation is 2. The fourth-order valence-electron chi connectivity index (χ4n) is 2.78. The van der Waals surface area contributed by atoms with Crippen molar-refractivity contribution in [1.82, 2.24) is 10.1 Å². The number of carbonyl (C=O) groups excluding carboxylic acids is 1. The number of aromatic nitrogens is 2. The van der Waals surface area contributed by atoms with Crippen LogP contribution in [0.5, 0.6) is 5.75 Å². The monoisotopic (exact) mass is 451 g/mol. The number of hydrogen-bond donors (Lipinski definition) is 1. The molecule has 6 nitrogen and oxygen atoms in total. The normalized spacial score (nSPS) is 11.4. The van der Waals surface area contributed by atoms with Crippen molar-refractivity contribution >= 4 is 11.6 Å². The van der Waals surface area contributed by atoms with Crippen LogP contribution in [0.4, 0.5) is 23.2 Å². The average molecular weight is 451 g/mol. The van der Waals surface area contributed by atoms with Crippen molar-refractivity contribution in [2.75, 3.05) is 11.9 Å². The van der Waals surface area contributed by atoms with Crippen molar-refractivity contribution in [1.29, 1.82) is 0 Å². The largest absolute Gasteiger partial charge is 0.491 e. The molecule has 3 rings (SSSR count). The van der Waals surface area contributed by atoms with Crippen LogP contribution in [0, 0.1) is 12.7 Å². The summed E-state index contributed by atoms with van der Waals surface area (Å²) in [5, 5.41) is 6.23. The van der Waals surface area contributed by atoms with E-state index in [1.807, 2.05) is 6.92 Å². The van der Waals surface area contributed by atoms with Crippen LogP contribution in [0.15, 0.2) is 40.9 Å². The van der Waals surface area contributed by atoms with Gasteiger partial charge in [-0.1, -0.05) is 24.2 Å². The third-order valence-corrected chi connectivity index (χ3v) is 4.51. The first-order valence-corrected chi connectivity index (χ1v) is 9.90. The summed E-state index contributed by atoms with van der Waals surface area (Å²) in [5.74, 6) is -0.494. The van der Waals surface area contributed by atoms with Gasteiger partial charge in [0.1, 0.15) is 11.6 Å². The van der Waals surface area contributed by atoms with Gasteiger partial charge in [0.05, 0.1) is 17.9 Å². The Labute approximate surface area is 181 Å². The summed E-state index contributed by atoms with van der Waals surface area (Å²) >= 11 is 0. The van der Waals surface area contributed by atoms with Gasteiger partial charge in [-0.3, -0.25) is 4.79 Å². The molecule has 170 valence electrons. The van der Waals surface area contributed by atoms with Gasteiger partial charge in [0.25, 0.3) is 0 Å². The minimum atomic E-state index is -4.56. The molecule has 0 radical (unpaired) electrons. The zero-order chi connectivity index (χ0) is 23.3. The van der Waals surface area contributed by atoms with Crippen LogP contribution < -0.4 is 10.1 Å². The summed E-state index contributed by atoms with van der Waals surface area (Å²) in [5.41, 5.74) is -0.0663. The number of nitrogens with zero attached hydrogens (tertiary/aromatic N) is 2. The second-order valence-corrected chi connectivity index (χ2v) is 7.08. The van der Waals surface area contributed by atoms with E-state index in [9.17, 15) is 22.4 Å². The lowest BCUT2D eigenvalue weighted by molar-refractivity contribution is -0.137. The smallest absolute Gasteiger partial charge is 0.416 e. The summed E-state index contributed by atoms with van der Waals surface area (Å²) in [4.78, 5) is 16.5. The van der Waals surface area contributed by atoms with Gasteiger partial charge < -0.3 is 14.6 Å². The molecule has 1 N–H and O–H groups in total. The molecule has 0 saturated carbocycles. The molecule has 1 heterocycles. The summed E-state index contributed by atoms with van der Waals surface area (Å²) in [7, 11) is 0. The van der Waals surface area contributed by atoms with Crippen LogP contribution in [0.3, 0.4) is 0 Å². The number of nitrogens with one attached hydrogen (secondary N) is 1. The second kappa shape index (κ2) is 9.80. The Morgan fingerprint density at radius 2 is 1.97 bits per heavy atom. The molecule has 0 aliphatic heterocycles. The predicted octanol–water partition coefficient (Wildman–Crippen LogP) is 5.56. The molecular weight excluding hydrogens is 430 g/mol. The van der Waals surface area contributed by atoms with Gasteiger partial charge in [0, 0.05) is 18.4 Å². The Kier molecular flexibility index (Phi) is 7.12. The van der Waals surface area contributed by atoms with Crippen LogP contribution in [0.25, 0.3) is 11.4 Å². The number of rotatable bonds is 8. The van der Waals surface area contributed by atoms with Crippen LogP contribution in [0.1, 0.15) is 36.8 Å². The maximum absolute atomic E-state index is 13.7. The second-order valence-electron chi connectivity index (χ2n) is 7.08. The Morgan fingerprint density at radius 3 is 2.66 bits per heavy atom. The van der Waals surface area contributed by atoms with Crippen molar-refractivity contribution in [3.63, 3.8) is 0 Å². The predicted molar refractivity (Wildman–Crippen MR) is 109 cm³/mol. The number of ether oxygens (including phenoxy) is 1. The van der Waals surface area contributed by atoms with E-state index in [1.54, 1.807) is 19.1 Å². The minimum absolute atomic E-state index is 0.0529. The van der Waals surface area contributed by atoms with E-state index >= 15 is 0 Å². The Balaban J connectivity index is 1.67. The molecule has 3 aromatic rings. The molecule has 0 bridgehead atoms. The fourth-order valence-corrected chi connectivity index (χ4v) is 2.78. The molecule has 1 aromatic heterocycles. The SMILES string of the molecule is CCCOc1ccc(C(F)(F)F)cc1NC(=O)CCc1nc(-c2ccc(C)c(F)c2)no1. The van der Waals surface area contributed by atoms with Gasteiger partial charge in [-0.05, 0) is 43.2 Å². The van der Waals surface area contributed by atoms with Gasteiger partial charge >= 0.3 is 6.18 Å². The molecule has 2 aromatic carbocycles. The molecule has 0 aliphatic rings. The molecule has 0 atom stereocenters. The lowest BCUT2D eigenvalue weighted by Crippen LogP contribution is -2.15. The number of benzene rings is 2. The first-order chi connectivity index (χ1) is 15.2. The maximum atomic E-state index is 13.7. The highest BCUT2D eigenvalue weighted by atomic mass is 19.4. The van der Waals surface area contributed by atoms with E-state index in [1.165, 1.54) is 12.1 Å². The molecule has 32 heavy (non-hydrogen) atoms. The van der Waals surface area contributed by atoms with E-state index < -0.39 is 23.5 Å². The molecule has 10 heteroatoms. The Hall–Kier alpha value is -3.43. The summed E-state index contributed by atoms with van der Waals surface area (Å²) in [6.45, 7) is 3.77. The molecule has 0 unspecified atom stereocenters. The zero-order valence-corrected chi connectivity index (χ0v) is 17.4. The molecule has 0 spiro atoms. The van der Waals surface area contributed by atoms with Gasteiger partial charge in [-0.2, -0.15) is 18.2 Å². The van der Waals surface area contributed by atoms with Crippen molar-refractivity contribution in [2.24, 2.45) is 0 Å².